The molecule has 3 aliphatic rings. The summed E-state index contributed by atoms with van der Waals surface area (Å²) in [6.45, 7) is 6.55. The van der Waals surface area contributed by atoms with E-state index in [1.54, 1.807) is 13.3 Å². The molecule has 0 atom stereocenters. The number of hydrogen-bond donors (Lipinski definition) is 1. The summed E-state index contributed by atoms with van der Waals surface area (Å²) in [5, 5.41) is 3.51. The molecular formula is C29H32N6O3. The average molecular weight is 513 g/mol. The van der Waals surface area contributed by atoms with Crippen LogP contribution >= 0.6 is 0 Å². The van der Waals surface area contributed by atoms with E-state index in [0.717, 1.165) is 98.6 Å². The van der Waals surface area contributed by atoms with Crippen LogP contribution in [0.25, 0.3) is 16.9 Å². The molecule has 0 spiro atoms. The van der Waals surface area contributed by atoms with Gasteiger partial charge in [0.15, 0.2) is 11.5 Å². The molecule has 2 saturated heterocycles. The molecule has 2 fully saturated rings. The molecule has 0 amide bonds. The number of hydrogen-bond acceptors (Lipinski definition) is 8. The van der Waals surface area contributed by atoms with Crippen LogP contribution in [0.2, 0.25) is 0 Å². The third-order valence-electron chi connectivity index (χ3n) is 7.81. The van der Waals surface area contributed by atoms with Gasteiger partial charge in [0.25, 0.3) is 0 Å². The number of nitrogens with one attached hydrogen (secondary N) is 1. The average Bonchev–Trinajstić information content (AvgIpc) is 3.41. The Bertz CT molecular complexity index is 1460. The van der Waals surface area contributed by atoms with E-state index in [9.17, 15) is 0 Å². The highest BCUT2D eigenvalue weighted by molar-refractivity contribution is 5.76. The number of methoxy groups -OCH3 is 1. The molecule has 0 unspecified atom stereocenters. The van der Waals surface area contributed by atoms with Crippen molar-refractivity contribution in [3.63, 3.8) is 0 Å². The van der Waals surface area contributed by atoms with Gasteiger partial charge in [-0.15, -0.1) is 0 Å². The normalized spacial score (nSPS) is 18.1. The lowest BCUT2D eigenvalue weighted by atomic mass is 10.0. The largest absolute Gasteiger partial charge is 0.495 e. The Morgan fingerprint density at radius 3 is 2.76 bits per heavy atom. The number of imidazole rings is 1. The Balaban J connectivity index is 1.15. The minimum atomic E-state index is 0.586. The van der Waals surface area contributed by atoms with Gasteiger partial charge in [0.2, 0.25) is 0 Å². The predicted octanol–water partition coefficient (Wildman–Crippen LogP) is 3.99. The topological polar surface area (TPSA) is 76.4 Å². The summed E-state index contributed by atoms with van der Waals surface area (Å²) in [5.41, 5.74) is 5.97. The molecular weight excluding hydrogens is 480 g/mol. The van der Waals surface area contributed by atoms with Crippen LogP contribution in [0, 0.1) is 0 Å². The summed E-state index contributed by atoms with van der Waals surface area (Å²) in [6, 6.07) is 13.2. The number of anilines is 3. The van der Waals surface area contributed by atoms with E-state index in [1.165, 1.54) is 5.56 Å². The summed E-state index contributed by atoms with van der Waals surface area (Å²) in [5.74, 6) is 2.53. The van der Waals surface area contributed by atoms with Crippen molar-refractivity contribution >= 4 is 22.8 Å². The number of piperazine rings is 1. The molecule has 2 aromatic carbocycles. The minimum Gasteiger partial charge on any atom is -0.495 e. The third-order valence-corrected chi connectivity index (χ3v) is 7.81. The summed E-state index contributed by atoms with van der Waals surface area (Å²) < 4.78 is 19.0. The van der Waals surface area contributed by atoms with Gasteiger partial charge in [-0.1, -0.05) is 0 Å². The fraction of sp³-hybridized carbons (Fsp3) is 0.379. The van der Waals surface area contributed by atoms with Crippen molar-refractivity contribution in [3.05, 3.63) is 60.6 Å². The maximum atomic E-state index is 5.83. The van der Waals surface area contributed by atoms with Crippen LogP contribution in [0.4, 0.5) is 17.2 Å². The van der Waals surface area contributed by atoms with Gasteiger partial charge in [0.05, 0.1) is 44.4 Å². The lowest BCUT2D eigenvalue weighted by molar-refractivity contribution is -0.0660. The van der Waals surface area contributed by atoms with Crippen molar-refractivity contribution in [1.29, 1.82) is 0 Å². The van der Waals surface area contributed by atoms with Crippen molar-refractivity contribution in [2.24, 2.45) is 0 Å². The molecule has 0 saturated carbocycles. The first-order valence-electron chi connectivity index (χ1n) is 13.4. The quantitative estimate of drug-likeness (QED) is 0.416. The van der Waals surface area contributed by atoms with Gasteiger partial charge in [-0.05, 0) is 48.7 Å². The number of nitrogens with zero attached hydrogens (tertiary/aromatic N) is 5. The second-order valence-electron chi connectivity index (χ2n) is 10.1. The van der Waals surface area contributed by atoms with E-state index < -0.39 is 0 Å². The zero-order chi connectivity index (χ0) is 25.5. The van der Waals surface area contributed by atoms with Crippen molar-refractivity contribution in [1.82, 2.24) is 19.3 Å². The Labute approximate surface area is 222 Å². The Morgan fingerprint density at radius 2 is 1.95 bits per heavy atom. The van der Waals surface area contributed by atoms with Gasteiger partial charge in [-0.25, -0.2) is 9.97 Å². The van der Waals surface area contributed by atoms with Crippen molar-refractivity contribution in [2.45, 2.75) is 18.9 Å². The number of ether oxygens (including phenoxy) is 3. The number of benzene rings is 2. The molecule has 0 radical (unpaired) electrons. The van der Waals surface area contributed by atoms with Gasteiger partial charge in [-0.2, -0.15) is 0 Å². The van der Waals surface area contributed by atoms with E-state index in [1.807, 2.05) is 22.9 Å². The van der Waals surface area contributed by atoms with Crippen molar-refractivity contribution in [3.8, 4) is 22.8 Å². The highest BCUT2D eigenvalue weighted by Crippen LogP contribution is 2.35. The van der Waals surface area contributed by atoms with E-state index >= 15 is 0 Å². The summed E-state index contributed by atoms with van der Waals surface area (Å²) in [7, 11) is 1.73. The summed E-state index contributed by atoms with van der Waals surface area (Å²) in [6.07, 6.45) is 7.84. The highest BCUT2D eigenvalue weighted by Gasteiger charge is 2.29. The maximum Gasteiger partial charge on any atom is 0.180 e. The Morgan fingerprint density at radius 1 is 1.05 bits per heavy atom. The summed E-state index contributed by atoms with van der Waals surface area (Å²) in [4.78, 5) is 14.5. The number of rotatable bonds is 6. The fourth-order valence-corrected chi connectivity index (χ4v) is 5.59. The van der Waals surface area contributed by atoms with E-state index in [4.69, 9.17) is 19.2 Å². The van der Waals surface area contributed by atoms with Crippen LogP contribution in [-0.4, -0.2) is 78.4 Å². The van der Waals surface area contributed by atoms with Gasteiger partial charge in [-0.3, -0.25) is 4.90 Å². The maximum absolute atomic E-state index is 5.83. The molecule has 0 bridgehead atoms. The zero-order valence-electron chi connectivity index (χ0n) is 21.6. The summed E-state index contributed by atoms with van der Waals surface area (Å²) >= 11 is 0. The molecule has 7 rings (SSSR count). The molecule has 5 heterocycles. The molecule has 9 heteroatoms. The first-order chi connectivity index (χ1) is 18.7. The molecule has 4 aromatic rings. The van der Waals surface area contributed by atoms with Crippen molar-refractivity contribution < 1.29 is 14.2 Å². The van der Waals surface area contributed by atoms with E-state index in [-0.39, 0.29) is 0 Å². The second-order valence-corrected chi connectivity index (χ2v) is 10.1. The van der Waals surface area contributed by atoms with Crippen molar-refractivity contribution in [2.75, 3.05) is 63.3 Å². The third kappa shape index (κ3) is 4.31. The molecule has 9 nitrogen and oxygen atoms in total. The predicted molar refractivity (Wildman–Crippen MR) is 147 cm³/mol. The van der Waals surface area contributed by atoms with Gasteiger partial charge in [0, 0.05) is 62.1 Å². The monoisotopic (exact) mass is 512 g/mol. The first-order valence-corrected chi connectivity index (χ1v) is 13.4. The molecule has 3 aliphatic heterocycles. The van der Waals surface area contributed by atoms with Crippen LogP contribution in [-0.2, 0) is 11.2 Å². The Hall–Kier alpha value is -3.82. The van der Waals surface area contributed by atoms with E-state index in [2.05, 4.69) is 50.4 Å². The first kappa shape index (κ1) is 23.3. The van der Waals surface area contributed by atoms with Gasteiger partial charge < -0.3 is 28.8 Å². The Kier molecular flexibility index (Phi) is 6.02. The van der Waals surface area contributed by atoms with Crippen LogP contribution in [0.5, 0.6) is 11.5 Å². The lowest BCUT2D eigenvalue weighted by Gasteiger charge is -2.43. The van der Waals surface area contributed by atoms with Crippen LogP contribution in [0.1, 0.15) is 12.0 Å². The molecule has 196 valence electrons. The smallest absolute Gasteiger partial charge is 0.180 e. The number of aryl methyl sites for hydroxylation is 1. The van der Waals surface area contributed by atoms with Gasteiger partial charge in [0.1, 0.15) is 11.5 Å². The number of fused-ring (bicyclic) bond motifs is 2. The standard InChI is InChI=1S/C29H32N6O3/c1-36-27-16-22(5-6-25(27)34-12-10-33(11-13-34)23-18-37-19-23)31-28-29-30-8-9-35(29)17-24(32-28)20-4-7-26-21(15-20)3-2-14-38-26/h4-9,15-17,23H,2-3,10-14,18-19H2,1H3,(H,31,32). The van der Waals surface area contributed by atoms with E-state index in [0.29, 0.717) is 11.9 Å². The molecule has 2 aromatic heterocycles. The zero-order valence-corrected chi connectivity index (χ0v) is 21.6. The number of aromatic nitrogens is 3. The highest BCUT2D eigenvalue weighted by atomic mass is 16.5. The minimum absolute atomic E-state index is 0.586. The lowest BCUT2D eigenvalue weighted by Crippen LogP contribution is -2.56. The fourth-order valence-electron chi connectivity index (χ4n) is 5.59. The second kappa shape index (κ2) is 9.81. The molecule has 0 aliphatic carbocycles. The molecule has 1 N–H and O–H groups in total. The van der Waals surface area contributed by atoms with Crippen LogP contribution < -0.4 is 19.7 Å². The van der Waals surface area contributed by atoms with Crippen LogP contribution in [0.3, 0.4) is 0 Å². The van der Waals surface area contributed by atoms with Gasteiger partial charge >= 0.3 is 0 Å². The molecule has 38 heavy (non-hydrogen) atoms. The van der Waals surface area contributed by atoms with Crippen LogP contribution in [0.15, 0.2) is 55.0 Å². The SMILES string of the molecule is COc1cc(Nc2nc(-c3ccc4c(c3)CCCO4)cn3ccnc23)ccc1N1CCN(C2COC2)CC1.